The summed E-state index contributed by atoms with van der Waals surface area (Å²) in [6, 6.07) is 5.85. The molecule has 0 aliphatic carbocycles. The fourth-order valence-electron chi connectivity index (χ4n) is 1.10. The third-order valence-corrected chi connectivity index (χ3v) is 2.71. The summed E-state index contributed by atoms with van der Waals surface area (Å²) < 4.78 is 38.6. The lowest BCUT2D eigenvalue weighted by atomic mass is 10.0. The minimum absolute atomic E-state index is 0.0709. The molecule has 0 radical (unpaired) electrons. The molecule has 0 spiro atoms. The van der Waals surface area contributed by atoms with Crippen molar-refractivity contribution in [3.63, 3.8) is 0 Å². The number of carbonyl (C=O) groups is 1. The molecule has 0 heterocycles. The van der Waals surface area contributed by atoms with Crippen LogP contribution in [0.4, 0.5) is 18.9 Å². The summed E-state index contributed by atoms with van der Waals surface area (Å²) in [5.41, 5.74) is -2.95. The Morgan fingerprint density at radius 1 is 1.41 bits per heavy atom. The minimum Gasteiger partial charge on any atom is -0.479 e. The van der Waals surface area contributed by atoms with E-state index in [4.69, 9.17) is 5.11 Å². The number of rotatable bonds is 3. The molecular weight excluding hydrogens is 303 g/mol. The normalized spacial score (nSPS) is 15.1. The zero-order valence-electron chi connectivity index (χ0n) is 8.68. The molecule has 17 heavy (non-hydrogen) atoms. The van der Waals surface area contributed by atoms with E-state index in [1.807, 2.05) is 5.32 Å². The number of aliphatic carboxylic acids is 1. The summed E-state index contributed by atoms with van der Waals surface area (Å²) in [6.07, 6.45) is -4.90. The van der Waals surface area contributed by atoms with Crippen LogP contribution in [-0.2, 0) is 4.79 Å². The number of benzene rings is 1. The van der Waals surface area contributed by atoms with Crippen LogP contribution in [0, 0.1) is 0 Å². The van der Waals surface area contributed by atoms with E-state index >= 15 is 0 Å². The number of hydrogen-bond donors (Lipinski definition) is 2. The summed E-state index contributed by atoms with van der Waals surface area (Å²) in [5.74, 6) is -1.98. The Bertz CT molecular complexity index is 436. The van der Waals surface area contributed by atoms with Crippen molar-refractivity contribution in [2.75, 3.05) is 5.32 Å². The van der Waals surface area contributed by atoms with Crippen LogP contribution in [0.1, 0.15) is 6.92 Å². The number of nitrogens with one attached hydrogen (secondary N) is 1. The monoisotopic (exact) mass is 311 g/mol. The van der Waals surface area contributed by atoms with Crippen molar-refractivity contribution >= 4 is 27.6 Å². The van der Waals surface area contributed by atoms with Crippen molar-refractivity contribution in [1.82, 2.24) is 0 Å². The topological polar surface area (TPSA) is 49.3 Å². The molecule has 0 amide bonds. The Morgan fingerprint density at radius 3 is 2.41 bits per heavy atom. The average molecular weight is 312 g/mol. The van der Waals surface area contributed by atoms with Crippen LogP contribution in [0.5, 0.6) is 0 Å². The highest BCUT2D eigenvalue weighted by atomic mass is 79.9. The number of halogens is 4. The van der Waals surface area contributed by atoms with Gasteiger partial charge in [0.2, 0.25) is 5.54 Å². The quantitative estimate of drug-likeness (QED) is 0.900. The summed E-state index contributed by atoms with van der Waals surface area (Å²) in [4.78, 5) is 10.8. The van der Waals surface area contributed by atoms with Crippen LogP contribution in [0.15, 0.2) is 28.7 Å². The van der Waals surface area contributed by atoms with Gasteiger partial charge in [0, 0.05) is 10.2 Å². The van der Waals surface area contributed by atoms with E-state index in [1.54, 1.807) is 6.07 Å². The van der Waals surface area contributed by atoms with Gasteiger partial charge in [-0.15, -0.1) is 0 Å². The van der Waals surface area contributed by atoms with E-state index in [0.29, 0.717) is 11.4 Å². The molecule has 0 bridgehead atoms. The fraction of sp³-hybridized carbons (Fsp3) is 0.300. The first kappa shape index (κ1) is 13.8. The molecule has 2 N–H and O–H groups in total. The van der Waals surface area contributed by atoms with Gasteiger partial charge in [-0.3, -0.25) is 0 Å². The van der Waals surface area contributed by atoms with Crippen molar-refractivity contribution in [3.8, 4) is 0 Å². The predicted octanol–water partition coefficient (Wildman–Crippen LogP) is 3.27. The van der Waals surface area contributed by atoms with E-state index in [9.17, 15) is 18.0 Å². The summed E-state index contributed by atoms with van der Waals surface area (Å²) in [5, 5.41) is 10.7. The number of hydrogen-bond acceptors (Lipinski definition) is 2. The van der Waals surface area contributed by atoms with Gasteiger partial charge < -0.3 is 10.4 Å². The highest BCUT2D eigenvalue weighted by Gasteiger charge is 2.57. The number of carboxylic acid groups (broad SMARTS) is 1. The number of carboxylic acids is 1. The molecule has 1 aromatic rings. The fourth-order valence-corrected chi connectivity index (χ4v) is 1.50. The van der Waals surface area contributed by atoms with Crippen LogP contribution in [0.2, 0.25) is 0 Å². The van der Waals surface area contributed by atoms with Gasteiger partial charge in [0.25, 0.3) is 0 Å². The summed E-state index contributed by atoms with van der Waals surface area (Å²) >= 11 is 3.09. The van der Waals surface area contributed by atoms with E-state index < -0.39 is 17.7 Å². The van der Waals surface area contributed by atoms with Gasteiger partial charge in [0.05, 0.1) is 0 Å². The second-order valence-corrected chi connectivity index (χ2v) is 4.48. The molecule has 1 rings (SSSR count). The first-order chi connectivity index (χ1) is 7.67. The van der Waals surface area contributed by atoms with Gasteiger partial charge in [-0.05, 0) is 25.1 Å². The molecule has 0 fully saturated rings. The second kappa shape index (κ2) is 4.56. The van der Waals surface area contributed by atoms with Crippen molar-refractivity contribution < 1.29 is 23.1 Å². The predicted molar refractivity (Wildman–Crippen MR) is 59.9 cm³/mol. The molecule has 1 aromatic carbocycles. The molecule has 0 aromatic heterocycles. The SMILES string of the molecule is CC(Nc1cccc(Br)c1)(C(=O)O)C(F)(F)F. The lowest BCUT2D eigenvalue weighted by Gasteiger charge is -2.29. The zero-order valence-corrected chi connectivity index (χ0v) is 10.3. The van der Waals surface area contributed by atoms with Crippen LogP contribution in [-0.4, -0.2) is 22.8 Å². The Morgan fingerprint density at radius 2 is 2.00 bits per heavy atom. The van der Waals surface area contributed by atoms with Gasteiger partial charge in [-0.25, -0.2) is 4.79 Å². The van der Waals surface area contributed by atoms with Crippen LogP contribution >= 0.6 is 15.9 Å². The lowest BCUT2D eigenvalue weighted by Crippen LogP contribution is -2.55. The molecular formula is C10H9BrF3NO2. The molecule has 7 heteroatoms. The van der Waals surface area contributed by atoms with Gasteiger partial charge in [0.1, 0.15) is 0 Å². The van der Waals surface area contributed by atoms with E-state index in [1.165, 1.54) is 18.2 Å². The van der Waals surface area contributed by atoms with Gasteiger partial charge in [-0.1, -0.05) is 22.0 Å². The van der Waals surface area contributed by atoms with Gasteiger partial charge >= 0.3 is 12.1 Å². The molecule has 3 nitrogen and oxygen atoms in total. The second-order valence-electron chi connectivity index (χ2n) is 3.56. The first-order valence-electron chi connectivity index (χ1n) is 4.51. The molecule has 0 aliphatic heterocycles. The maximum absolute atomic E-state index is 12.7. The van der Waals surface area contributed by atoms with E-state index in [-0.39, 0.29) is 5.69 Å². The molecule has 0 saturated carbocycles. The minimum atomic E-state index is -4.90. The number of alkyl halides is 3. The Hall–Kier alpha value is -1.24. The summed E-state index contributed by atoms with van der Waals surface area (Å²) in [6.45, 7) is 0.580. The molecule has 0 saturated heterocycles. The third kappa shape index (κ3) is 2.91. The molecule has 94 valence electrons. The highest BCUT2D eigenvalue weighted by Crippen LogP contribution is 2.34. The van der Waals surface area contributed by atoms with Gasteiger partial charge in [0.15, 0.2) is 0 Å². The van der Waals surface area contributed by atoms with Crippen LogP contribution < -0.4 is 5.32 Å². The van der Waals surface area contributed by atoms with Crippen molar-refractivity contribution in [2.45, 2.75) is 18.6 Å². The molecule has 1 atom stereocenters. The third-order valence-electron chi connectivity index (χ3n) is 2.21. The lowest BCUT2D eigenvalue weighted by molar-refractivity contribution is -0.192. The summed E-state index contributed by atoms with van der Waals surface area (Å²) in [7, 11) is 0. The zero-order chi connectivity index (χ0) is 13.3. The Labute approximate surface area is 104 Å². The Kier molecular flexibility index (Phi) is 3.71. The maximum atomic E-state index is 12.7. The maximum Gasteiger partial charge on any atom is 0.422 e. The standard InChI is InChI=1S/C10H9BrF3NO2/c1-9(8(16)17,10(12,13)14)15-7-4-2-3-6(11)5-7/h2-5,15H,1H3,(H,16,17). The van der Waals surface area contributed by atoms with E-state index in [0.717, 1.165) is 0 Å². The van der Waals surface area contributed by atoms with Crippen molar-refractivity contribution in [3.05, 3.63) is 28.7 Å². The van der Waals surface area contributed by atoms with E-state index in [2.05, 4.69) is 15.9 Å². The van der Waals surface area contributed by atoms with Crippen LogP contribution in [0.25, 0.3) is 0 Å². The molecule has 1 unspecified atom stereocenters. The first-order valence-corrected chi connectivity index (χ1v) is 5.30. The Balaban J connectivity index is 3.08. The molecule has 0 aliphatic rings. The van der Waals surface area contributed by atoms with Crippen molar-refractivity contribution in [2.24, 2.45) is 0 Å². The van der Waals surface area contributed by atoms with Gasteiger partial charge in [-0.2, -0.15) is 13.2 Å². The van der Waals surface area contributed by atoms with Crippen LogP contribution in [0.3, 0.4) is 0 Å². The highest BCUT2D eigenvalue weighted by molar-refractivity contribution is 9.10. The average Bonchev–Trinajstić information content (AvgIpc) is 2.15. The number of anilines is 1. The van der Waals surface area contributed by atoms with Crippen molar-refractivity contribution in [1.29, 1.82) is 0 Å². The largest absolute Gasteiger partial charge is 0.479 e. The smallest absolute Gasteiger partial charge is 0.422 e.